The van der Waals surface area contributed by atoms with Crippen LogP contribution in [0, 0.1) is 0 Å². The normalized spacial score (nSPS) is 12.4. The predicted octanol–water partition coefficient (Wildman–Crippen LogP) is 1.77. The van der Waals surface area contributed by atoms with Crippen molar-refractivity contribution in [1.29, 1.82) is 0 Å². The third-order valence-electron chi connectivity index (χ3n) is 2.45. The molecule has 1 aromatic carbocycles. The van der Waals surface area contributed by atoms with Gasteiger partial charge in [0.25, 0.3) is 0 Å². The molecule has 3 N–H and O–H groups in total. The Labute approximate surface area is 89.9 Å². The topological polar surface area (TPSA) is 63.3 Å². The predicted molar refractivity (Wildman–Crippen MR) is 59.9 cm³/mol. The van der Waals surface area contributed by atoms with Crippen LogP contribution in [0.4, 0.5) is 0 Å². The van der Waals surface area contributed by atoms with Gasteiger partial charge in [0.15, 0.2) is 0 Å². The summed E-state index contributed by atoms with van der Waals surface area (Å²) in [6.45, 7) is 2.26. The van der Waals surface area contributed by atoms with Crippen molar-refractivity contribution in [3.05, 3.63) is 35.4 Å². The molecule has 0 heterocycles. The molecular formula is C12H17NO2. The molecule has 82 valence electrons. The van der Waals surface area contributed by atoms with Gasteiger partial charge in [-0.05, 0) is 17.5 Å². The number of hydrogen-bond acceptors (Lipinski definition) is 2. The average Bonchev–Trinajstić information content (AvgIpc) is 2.21. The number of nitrogens with two attached hydrogens (primary N) is 1. The molecule has 0 amide bonds. The maximum atomic E-state index is 10.9. The number of carbonyl (C=O) groups is 1. The highest BCUT2D eigenvalue weighted by Gasteiger charge is 2.17. The SMILES string of the molecule is CCCc1ccc(C(CN)C(=O)O)cc1. The fourth-order valence-electron chi connectivity index (χ4n) is 1.58. The van der Waals surface area contributed by atoms with Gasteiger partial charge in [-0.15, -0.1) is 0 Å². The van der Waals surface area contributed by atoms with E-state index in [1.54, 1.807) is 0 Å². The number of aliphatic carboxylic acids is 1. The Bertz CT molecular complexity index is 319. The molecular weight excluding hydrogens is 190 g/mol. The lowest BCUT2D eigenvalue weighted by Gasteiger charge is -2.10. The standard InChI is InChI=1S/C12H17NO2/c1-2-3-9-4-6-10(7-5-9)11(8-13)12(14)15/h4-7,11H,2-3,8,13H2,1H3,(H,14,15). The van der Waals surface area contributed by atoms with E-state index < -0.39 is 11.9 Å². The second kappa shape index (κ2) is 5.51. The highest BCUT2D eigenvalue weighted by atomic mass is 16.4. The average molecular weight is 207 g/mol. The van der Waals surface area contributed by atoms with Crippen molar-refractivity contribution in [2.24, 2.45) is 5.73 Å². The third kappa shape index (κ3) is 3.06. The molecule has 0 bridgehead atoms. The Hall–Kier alpha value is -1.35. The van der Waals surface area contributed by atoms with Gasteiger partial charge >= 0.3 is 5.97 Å². The van der Waals surface area contributed by atoms with Gasteiger partial charge in [-0.25, -0.2) is 0 Å². The molecule has 1 rings (SSSR count). The van der Waals surface area contributed by atoms with E-state index in [2.05, 4.69) is 6.92 Å². The van der Waals surface area contributed by atoms with Gasteiger partial charge < -0.3 is 10.8 Å². The highest BCUT2D eigenvalue weighted by molar-refractivity contribution is 5.76. The van der Waals surface area contributed by atoms with Gasteiger partial charge in [-0.3, -0.25) is 4.79 Å². The monoisotopic (exact) mass is 207 g/mol. The van der Waals surface area contributed by atoms with Crippen molar-refractivity contribution in [3.8, 4) is 0 Å². The molecule has 1 unspecified atom stereocenters. The summed E-state index contributed by atoms with van der Waals surface area (Å²) in [6, 6.07) is 7.67. The van der Waals surface area contributed by atoms with E-state index in [4.69, 9.17) is 10.8 Å². The fourth-order valence-corrected chi connectivity index (χ4v) is 1.58. The smallest absolute Gasteiger partial charge is 0.312 e. The van der Waals surface area contributed by atoms with Crippen LogP contribution in [0.25, 0.3) is 0 Å². The van der Waals surface area contributed by atoms with Crippen LogP contribution in [0.2, 0.25) is 0 Å². The van der Waals surface area contributed by atoms with Crippen LogP contribution in [0.15, 0.2) is 24.3 Å². The molecule has 1 atom stereocenters. The van der Waals surface area contributed by atoms with Crippen molar-refractivity contribution >= 4 is 5.97 Å². The summed E-state index contributed by atoms with van der Waals surface area (Å²) in [6.07, 6.45) is 2.12. The highest BCUT2D eigenvalue weighted by Crippen LogP contribution is 2.16. The lowest BCUT2D eigenvalue weighted by atomic mass is 9.97. The summed E-state index contributed by atoms with van der Waals surface area (Å²) < 4.78 is 0. The van der Waals surface area contributed by atoms with Gasteiger partial charge in [-0.1, -0.05) is 37.6 Å². The van der Waals surface area contributed by atoms with Crippen LogP contribution in [-0.2, 0) is 11.2 Å². The zero-order chi connectivity index (χ0) is 11.3. The van der Waals surface area contributed by atoms with Crippen molar-refractivity contribution in [2.45, 2.75) is 25.7 Å². The molecule has 15 heavy (non-hydrogen) atoms. The molecule has 0 radical (unpaired) electrons. The van der Waals surface area contributed by atoms with Gasteiger partial charge in [-0.2, -0.15) is 0 Å². The van der Waals surface area contributed by atoms with E-state index in [1.807, 2.05) is 24.3 Å². The first-order valence-corrected chi connectivity index (χ1v) is 5.20. The fraction of sp³-hybridized carbons (Fsp3) is 0.417. The maximum absolute atomic E-state index is 10.9. The molecule has 0 aromatic heterocycles. The number of carboxylic acid groups (broad SMARTS) is 1. The number of carboxylic acids is 1. The Balaban J connectivity index is 2.82. The summed E-state index contributed by atoms with van der Waals surface area (Å²) in [5.74, 6) is -1.44. The first kappa shape index (κ1) is 11.7. The van der Waals surface area contributed by atoms with Gasteiger partial charge in [0.05, 0.1) is 5.92 Å². The molecule has 3 heteroatoms. The first-order chi connectivity index (χ1) is 7.19. The first-order valence-electron chi connectivity index (χ1n) is 5.20. The van der Waals surface area contributed by atoms with Crippen LogP contribution in [0.3, 0.4) is 0 Å². The summed E-state index contributed by atoms with van der Waals surface area (Å²) in [7, 11) is 0. The largest absolute Gasteiger partial charge is 0.481 e. The second-order valence-electron chi connectivity index (χ2n) is 3.62. The summed E-state index contributed by atoms with van der Waals surface area (Å²) in [4.78, 5) is 10.9. The van der Waals surface area contributed by atoms with E-state index in [0.29, 0.717) is 0 Å². The minimum atomic E-state index is -0.860. The lowest BCUT2D eigenvalue weighted by Crippen LogP contribution is -2.21. The van der Waals surface area contributed by atoms with E-state index >= 15 is 0 Å². The Morgan fingerprint density at radius 1 is 1.40 bits per heavy atom. The number of rotatable bonds is 5. The summed E-state index contributed by atoms with van der Waals surface area (Å²) in [5.41, 5.74) is 7.44. The zero-order valence-corrected chi connectivity index (χ0v) is 8.94. The quantitative estimate of drug-likeness (QED) is 0.773. The Kier molecular flexibility index (Phi) is 4.31. The Morgan fingerprint density at radius 3 is 2.40 bits per heavy atom. The second-order valence-corrected chi connectivity index (χ2v) is 3.62. The molecule has 0 aliphatic heterocycles. The van der Waals surface area contributed by atoms with E-state index in [9.17, 15) is 4.79 Å². The van der Waals surface area contributed by atoms with Crippen LogP contribution >= 0.6 is 0 Å². The zero-order valence-electron chi connectivity index (χ0n) is 8.94. The van der Waals surface area contributed by atoms with Gasteiger partial charge in [0, 0.05) is 6.54 Å². The summed E-state index contributed by atoms with van der Waals surface area (Å²) >= 11 is 0. The van der Waals surface area contributed by atoms with Crippen LogP contribution in [0.1, 0.15) is 30.4 Å². The number of hydrogen-bond donors (Lipinski definition) is 2. The van der Waals surface area contributed by atoms with Gasteiger partial charge in [0.1, 0.15) is 0 Å². The molecule has 0 aliphatic carbocycles. The molecule has 0 saturated heterocycles. The molecule has 0 saturated carbocycles. The number of aryl methyl sites for hydroxylation is 1. The minimum absolute atomic E-state index is 0.141. The van der Waals surface area contributed by atoms with Crippen LogP contribution in [-0.4, -0.2) is 17.6 Å². The van der Waals surface area contributed by atoms with Crippen LogP contribution < -0.4 is 5.73 Å². The van der Waals surface area contributed by atoms with Crippen molar-refractivity contribution in [3.63, 3.8) is 0 Å². The van der Waals surface area contributed by atoms with Crippen LogP contribution in [0.5, 0.6) is 0 Å². The van der Waals surface area contributed by atoms with Crippen molar-refractivity contribution in [2.75, 3.05) is 6.54 Å². The van der Waals surface area contributed by atoms with Gasteiger partial charge in [0.2, 0.25) is 0 Å². The van der Waals surface area contributed by atoms with Crippen molar-refractivity contribution < 1.29 is 9.90 Å². The van der Waals surface area contributed by atoms with Crippen molar-refractivity contribution in [1.82, 2.24) is 0 Å². The molecule has 3 nitrogen and oxygen atoms in total. The van der Waals surface area contributed by atoms with E-state index in [1.165, 1.54) is 5.56 Å². The third-order valence-corrected chi connectivity index (χ3v) is 2.45. The van der Waals surface area contributed by atoms with E-state index in [0.717, 1.165) is 18.4 Å². The lowest BCUT2D eigenvalue weighted by molar-refractivity contribution is -0.138. The minimum Gasteiger partial charge on any atom is -0.481 e. The molecule has 0 spiro atoms. The molecule has 0 fully saturated rings. The number of benzene rings is 1. The molecule has 0 aliphatic rings. The van der Waals surface area contributed by atoms with E-state index in [-0.39, 0.29) is 6.54 Å². The molecule has 1 aromatic rings. The Morgan fingerprint density at radius 2 is 2.00 bits per heavy atom. The summed E-state index contributed by atoms with van der Waals surface area (Å²) in [5, 5.41) is 8.92. The maximum Gasteiger partial charge on any atom is 0.312 e.